The Hall–Kier alpha value is -2.76. The molecule has 0 saturated carbocycles. The van der Waals surface area contributed by atoms with E-state index in [1.807, 2.05) is 56.3 Å². The normalized spacial score (nSPS) is 17.7. The summed E-state index contributed by atoms with van der Waals surface area (Å²) in [7, 11) is 0. The molecule has 0 unspecified atom stereocenters. The van der Waals surface area contributed by atoms with Crippen molar-refractivity contribution >= 4 is 16.9 Å². The Morgan fingerprint density at radius 3 is 2.62 bits per heavy atom. The topological polar surface area (TPSA) is 63.9 Å². The summed E-state index contributed by atoms with van der Waals surface area (Å²) in [5, 5.41) is 0. The highest BCUT2D eigenvalue weighted by Gasteiger charge is 2.26. The Labute approximate surface area is 152 Å². The maximum atomic E-state index is 13.0. The van der Waals surface area contributed by atoms with Crippen molar-refractivity contribution in [1.82, 2.24) is 24.4 Å². The fourth-order valence-electron chi connectivity index (χ4n) is 3.69. The molecule has 3 heterocycles. The zero-order chi connectivity index (χ0) is 18.3. The van der Waals surface area contributed by atoms with Crippen molar-refractivity contribution in [2.75, 3.05) is 13.1 Å². The molecule has 26 heavy (non-hydrogen) atoms. The van der Waals surface area contributed by atoms with Gasteiger partial charge >= 0.3 is 0 Å². The maximum absolute atomic E-state index is 13.0. The Bertz CT molecular complexity index is 977. The molecule has 0 radical (unpaired) electrons. The molecule has 1 saturated heterocycles. The van der Waals surface area contributed by atoms with Gasteiger partial charge in [-0.2, -0.15) is 0 Å². The quantitative estimate of drug-likeness (QED) is 0.712. The number of aromatic nitrogens is 4. The van der Waals surface area contributed by atoms with Crippen LogP contribution in [0.5, 0.6) is 0 Å². The van der Waals surface area contributed by atoms with Gasteiger partial charge in [-0.15, -0.1) is 0 Å². The maximum Gasteiger partial charge on any atom is 0.254 e. The lowest BCUT2D eigenvalue weighted by Gasteiger charge is -2.34. The molecule has 0 N–H and O–H groups in total. The minimum atomic E-state index is 0.0643. The molecule has 1 aromatic carbocycles. The van der Waals surface area contributed by atoms with Gasteiger partial charge < -0.3 is 9.47 Å². The predicted octanol–water partition coefficient (Wildman–Crippen LogP) is 3.23. The zero-order valence-corrected chi connectivity index (χ0v) is 15.4. The van der Waals surface area contributed by atoms with Gasteiger partial charge in [0.2, 0.25) is 0 Å². The van der Waals surface area contributed by atoms with Gasteiger partial charge in [0.1, 0.15) is 5.82 Å². The molecular weight excluding hydrogens is 326 g/mol. The first-order valence-corrected chi connectivity index (χ1v) is 9.06. The van der Waals surface area contributed by atoms with Gasteiger partial charge in [0.05, 0.1) is 28.5 Å². The van der Waals surface area contributed by atoms with Crippen molar-refractivity contribution in [3.05, 3.63) is 53.4 Å². The lowest BCUT2D eigenvalue weighted by Crippen LogP contribution is -2.40. The van der Waals surface area contributed by atoms with E-state index in [0.29, 0.717) is 18.2 Å². The van der Waals surface area contributed by atoms with Crippen LogP contribution in [-0.2, 0) is 0 Å². The van der Waals surface area contributed by atoms with E-state index in [1.165, 1.54) is 0 Å². The van der Waals surface area contributed by atoms with Crippen LogP contribution in [0.3, 0.4) is 0 Å². The van der Waals surface area contributed by atoms with Crippen LogP contribution in [0, 0.1) is 20.8 Å². The minimum Gasteiger partial charge on any atom is -0.337 e. The monoisotopic (exact) mass is 349 g/mol. The number of benzene rings is 1. The molecule has 0 aliphatic carbocycles. The van der Waals surface area contributed by atoms with E-state index in [4.69, 9.17) is 0 Å². The molecular formula is C20H23N5O. The Balaban J connectivity index is 1.59. The second kappa shape index (κ2) is 6.52. The van der Waals surface area contributed by atoms with E-state index in [2.05, 4.69) is 19.5 Å². The standard InChI is InChI=1S/C20H23N5O/c1-13-14(2)23-19-11-16(6-7-18(19)22-13)20(26)24-9-4-5-17(12-24)25-10-8-21-15(25)3/h6-8,10-11,17H,4-5,9,12H2,1-3H3/t17-/m1/s1. The average molecular weight is 349 g/mol. The smallest absolute Gasteiger partial charge is 0.254 e. The van der Waals surface area contributed by atoms with Gasteiger partial charge in [-0.05, 0) is 51.8 Å². The summed E-state index contributed by atoms with van der Waals surface area (Å²) in [5.74, 6) is 1.06. The molecule has 3 aromatic rings. The predicted molar refractivity (Wildman–Crippen MR) is 100 cm³/mol. The first kappa shape index (κ1) is 16.7. The number of rotatable bonds is 2. The van der Waals surface area contributed by atoms with Crippen LogP contribution in [0.2, 0.25) is 0 Å². The van der Waals surface area contributed by atoms with Gasteiger partial charge in [0.25, 0.3) is 5.91 Å². The van der Waals surface area contributed by atoms with Crippen molar-refractivity contribution < 1.29 is 4.79 Å². The second-order valence-electron chi connectivity index (χ2n) is 7.03. The molecule has 0 bridgehead atoms. The summed E-state index contributed by atoms with van der Waals surface area (Å²) in [6, 6.07) is 5.91. The van der Waals surface area contributed by atoms with E-state index in [1.54, 1.807) is 0 Å². The van der Waals surface area contributed by atoms with Crippen LogP contribution in [0.4, 0.5) is 0 Å². The number of amides is 1. The molecule has 6 heteroatoms. The largest absolute Gasteiger partial charge is 0.337 e. The summed E-state index contributed by atoms with van der Waals surface area (Å²) < 4.78 is 2.18. The SMILES string of the molecule is Cc1nc2ccc(C(=O)N3CCC[C@@H](n4ccnc4C)C3)cc2nc1C. The average Bonchev–Trinajstić information content (AvgIpc) is 3.08. The fourth-order valence-corrected chi connectivity index (χ4v) is 3.69. The molecule has 1 aliphatic heterocycles. The van der Waals surface area contributed by atoms with Gasteiger partial charge in [-0.3, -0.25) is 4.79 Å². The van der Waals surface area contributed by atoms with Crippen molar-refractivity contribution in [1.29, 1.82) is 0 Å². The zero-order valence-electron chi connectivity index (χ0n) is 15.4. The summed E-state index contributed by atoms with van der Waals surface area (Å²) in [5.41, 5.74) is 4.10. The second-order valence-corrected chi connectivity index (χ2v) is 7.03. The number of hydrogen-bond donors (Lipinski definition) is 0. The third-order valence-corrected chi connectivity index (χ3v) is 5.26. The molecule has 134 valence electrons. The number of nitrogens with zero attached hydrogens (tertiary/aromatic N) is 5. The van der Waals surface area contributed by atoms with Crippen molar-refractivity contribution in [3.8, 4) is 0 Å². The van der Waals surface area contributed by atoms with E-state index in [0.717, 1.165) is 47.6 Å². The number of likely N-dealkylation sites (tertiary alicyclic amines) is 1. The fraction of sp³-hybridized carbons (Fsp3) is 0.400. The van der Waals surface area contributed by atoms with E-state index >= 15 is 0 Å². The lowest BCUT2D eigenvalue weighted by atomic mass is 10.0. The number of imidazole rings is 1. The Morgan fingerprint density at radius 2 is 1.88 bits per heavy atom. The van der Waals surface area contributed by atoms with Crippen molar-refractivity contribution in [2.45, 2.75) is 39.7 Å². The van der Waals surface area contributed by atoms with E-state index in [9.17, 15) is 4.79 Å². The third-order valence-electron chi connectivity index (χ3n) is 5.26. The number of piperidine rings is 1. The van der Waals surface area contributed by atoms with Gasteiger partial charge in [-0.25, -0.2) is 15.0 Å². The highest BCUT2D eigenvalue weighted by Crippen LogP contribution is 2.24. The molecule has 0 spiro atoms. The summed E-state index contributed by atoms with van der Waals surface area (Å²) >= 11 is 0. The van der Waals surface area contributed by atoms with E-state index < -0.39 is 0 Å². The lowest BCUT2D eigenvalue weighted by molar-refractivity contribution is 0.0678. The molecule has 1 amide bonds. The van der Waals surface area contributed by atoms with Crippen LogP contribution >= 0.6 is 0 Å². The summed E-state index contributed by atoms with van der Waals surface area (Å²) in [6.07, 6.45) is 5.90. The summed E-state index contributed by atoms with van der Waals surface area (Å²) in [6.45, 7) is 7.41. The number of carbonyl (C=O) groups is 1. The van der Waals surface area contributed by atoms with E-state index in [-0.39, 0.29) is 5.91 Å². The van der Waals surface area contributed by atoms with Crippen LogP contribution in [0.15, 0.2) is 30.6 Å². The first-order valence-electron chi connectivity index (χ1n) is 9.06. The number of fused-ring (bicyclic) bond motifs is 1. The number of carbonyl (C=O) groups excluding carboxylic acids is 1. The Kier molecular flexibility index (Phi) is 4.18. The molecule has 1 atom stereocenters. The van der Waals surface area contributed by atoms with Gasteiger partial charge in [0.15, 0.2) is 0 Å². The molecule has 1 aliphatic rings. The number of aryl methyl sites for hydroxylation is 3. The first-order chi connectivity index (χ1) is 12.5. The van der Waals surface area contributed by atoms with Crippen molar-refractivity contribution in [2.24, 2.45) is 0 Å². The Morgan fingerprint density at radius 1 is 1.12 bits per heavy atom. The molecule has 1 fully saturated rings. The molecule has 4 rings (SSSR count). The van der Waals surface area contributed by atoms with Crippen LogP contribution in [0.25, 0.3) is 11.0 Å². The van der Waals surface area contributed by atoms with Crippen LogP contribution in [0.1, 0.15) is 46.5 Å². The van der Waals surface area contributed by atoms with Gasteiger partial charge in [0, 0.05) is 31.0 Å². The van der Waals surface area contributed by atoms with Crippen LogP contribution < -0.4 is 0 Å². The van der Waals surface area contributed by atoms with Gasteiger partial charge in [-0.1, -0.05) is 0 Å². The molecule has 6 nitrogen and oxygen atoms in total. The highest BCUT2D eigenvalue weighted by molar-refractivity contribution is 5.97. The number of hydrogen-bond acceptors (Lipinski definition) is 4. The van der Waals surface area contributed by atoms with Crippen molar-refractivity contribution in [3.63, 3.8) is 0 Å². The third kappa shape index (κ3) is 2.96. The molecule has 2 aromatic heterocycles. The minimum absolute atomic E-state index is 0.0643. The van der Waals surface area contributed by atoms with Crippen LogP contribution in [-0.4, -0.2) is 43.4 Å². The highest BCUT2D eigenvalue weighted by atomic mass is 16.2. The summed E-state index contributed by atoms with van der Waals surface area (Å²) in [4.78, 5) is 28.4.